The molecule has 2 aromatic carbocycles. The second-order valence-electron chi connectivity index (χ2n) is 5.73. The van der Waals surface area contributed by atoms with E-state index in [4.69, 9.17) is 4.74 Å². The van der Waals surface area contributed by atoms with Crippen molar-refractivity contribution in [2.45, 2.75) is 25.7 Å². The van der Waals surface area contributed by atoms with Crippen molar-refractivity contribution in [3.8, 4) is 5.75 Å². The second-order valence-corrected chi connectivity index (χ2v) is 5.73. The number of amides is 2. The van der Waals surface area contributed by atoms with Crippen LogP contribution in [0.15, 0.2) is 48.5 Å². The highest BCUT2D eigenvalue weighted by Crippen LogP contribution is 2.25. The maximum absolute atomic E-state index is 12.0. The number of carbonyl (C=O) groups is 2. The van der Waals surface area contributed by atoms with E-state index in [9.17, 15) is 9.59 Å². The molecule has 5 nitrogen and oxygen atoms in total. The van der Waals surface area contributed by atoms with Crippen molar-refractivity contribution in [3.63, 3.8) is 0 Å². The normalized spacial score (nSPS) is 12.9. The molecule has 5 heteroatoms. The molecule has 0 fully saturated rings. The summed E-state index contributed by atoms with van der Waals surface area (Å²) in [5, 5.41) is 5.72. The lowest BCUT2D eigenvalue weighted by atomic mass is 10.0. The predicted octanol–water partition coefficient (Wildman–Crippen LogP) is 3.37. The van der Waals surface area contributed by atoms with Crippen LogP contribution in [-0.4, -0.2) is 18.4 Å². The van der Waals surface area contributed by atoms with Gasteiger partial charge in [0, 0.05) is 24.2 Å². The number of nitrogens with one attached hydrogen (secondary N) is 2. The molecule has 0 aliphatic carbocycles. The molecule has 1 aliphatic heterocycles. The lowest BCUT2D eigenvalue weighted by molar-refractivity contribution is -0.117. The van der Waals surface area contributed by atoms with Crippen molar-refractivity contribution in [3.05, 3.63) is 54.1 Å². The minimum absolute atomic E-state index is 0.0357. The van der Waals surface area contributed by atoms with Crippen molar-refractivity contribution in [2.24, 2.45) is 0 Å². The first-order valence-electron chi connectivity index (χ1n) is 8.11. The molecule has 0 saturated carbocycles. The number of hydrogen-bond acceptors (Lipinski definition) is 3. The van der Waals surface area contributed by atoms with E-state index in [2.05, 4.69) is 10.6 Å². The summed E-state index contributed by atoms with van der Waals surface area (Å²) in [4.78, 5) is 23.4. The lowest BCUT2D eigenvalue weighted by Crippen LogP contribution is -2.19. The first kappa shape index (κ1) is 16.1. The average Bonchev–Trinajstić information content (AvgIpc) is 2.60. The fourth-order valence-corrected chi connectivity index (χ4v) is 2.62. The van der Waals surface area contributed by atoms with E-state index >= 15 is 0 Å². The molecular weight excluding hydrogens is 304 g/mol. The summed E-state index contributed by atoms with van der Waals surface area (Å²) in [5.74, 6) is 0.818. The van der Waals surface area contributed by atoms with Crippen molar-refractivity contribution in [2.75, 3.05) is 17.2 Å². The topological polar surface area (TPSA) is 67.4 Å². The number of hydrogen-bond donors (Lipinski definition) is 2. The van der Waals surface area contributed by atoms with Gasteiger partial charge in [0.05, 0.1) is 6.61 Å². The fraction of sp³-hybridized carbons (Fsp3) is 0.263. The summed E-state index contributed by atoms with van der Waals surface area (Å²) in [6, 6.07) is 15.1. The highest BCUT2D eigenvalue weighted by atomic mass is 16.5. The van der Waals surface area contributed by atoms with Crippen LogP contribution in [0.1, 0.15) is 24.8 Å². The molecule has 1 aliphatic rings. The molecule has 2 N–H and O–H groups in total. The van der Waals surface area contributed by atoms with Crippen LogP contribution in [0.25, 0.3) is 0 Å². The molecular formula is C19H20N2O3. The minimum Gasteiger partial charge on any atom is -0.494 e. The Balaban J connectivity index is 1.44. The van der Waals surface area contributed by atoms with Gasteiger partial charge in [0.15, 0.2) is 0 Å². The quantitative estimate of drug-likeness (QED) is 0.801. The number of fused-ring (bicyclic) bond motifs is 1. The van der Waals surface area contributed by atoms with Gasteiger partial charge in [-0.3, -0.25) is 9.59 Å². The highest BCUT2D eigenvalue weighted by molar-refractivity contribution is 5.95. The third-order valence-electron chi connectivity index (χ3n) is 3.84. The van der Waals surface area contributed by atoms with Crippen LogP contribution < -0.4 is 15.4 Å². The summed E-state index contributed by atoms with van der Waals surface area (Å²) in [6.45, 7) is 0.508. The minimum atomic E-state index is -0.0357. The predicted molar refractivity (Wildman–Crippen MR) is 93.2 cm³/mol. The van der Waals surface area contributed by atoms with Crippen LogP contribution >= 0.6 is 0 Å². The Labute approximate surface area is 141 Å². The molecule has 0 unspecified atom stereocenters. The summed E-state index contributed by atoms with van der Waals surface area (Å²) in [6.07, 6.45) is 2.25. The zero-order valence-electron chi connectivity index (χ0n) is 13.4. The van der Waals surface area contributed by atoms with Gasteiger partial charge in [-0.2, -0.15) is 0 Å². The molecule has 0 aromatic heterocycles. The van der Waals surface area contributed by atoms with Gasteiger partial charge in [0.1, 0.15) is 5.75 Å². The van der Waals surface area contributed by atoms with E-state index in [1.807, 2.05) is 48.5 Å². The third-order valence-corrected chi connectivity index (χ3v) is 3.84. The highest BCUT2D eigenvalue weighted by Gasteiger charge is 2.15. The zero-order valence-corrected chi connectivity index (χ0v) is 13.4. The van der Waals surface area contributed by atoms with Crippen LogP contribution in [-0.2, 0) is 16.0 Å². The number of rotatable bonds is 6. The lowest BCUT2D eigenvalue weighted by Gasteiger charge is -2.17. The van der Waals surface area contributed by atoms with E-state index in [0.717, 1.165) is 22.7 Å². The molecule has 0 spiro atoms. The van der Waals surface area contributed by atoms with Gasteiger partial charge >= 0.3 is 0 Å². The number of para-hydroxylation sites is 1. The fourth-order valence-electron chi connectivity index (χ4n) is 2.62. The Morgan fingerprint density at radius 3 is 2.79 bits per heavy atom. The number of carbonyl (C=O) groups excluding carboxylic acids is 2. The smallest absolute Gasteiger partial charge is 0.224 e. The Kier molecular flexibility index (Phi) is 5.11. The molecule has 0 bridgehead atoms. The standard InChI is InChI=1S/C19H20N2O3/c22-18(7-4-12-24-16-5-2-1-3-6-16)20-15-9-10-17-14(13-15)8-11-19(23)21-17/h1-3,5-6,9-10,13H,4,7-8,11-12H2,(H,20,22)(H,21,23). The molecule has 1 heterocycles. The Morgan fingerprint density at radius 1 is 1.12 bits per heavy atom. The van der Waals surface area contributed by atoms with Gasteiger partial charge in [-0.25, -0.2) is 0 Å². The first-order valence-corrected chi connectivity index (χ1v) is 8.11. The summed E-state index contributed by atoms with van der Waals surface area (Å²) in [5.41, 5.74) is 2.65. The monoisotopic (exact) mass is 324 g/mol. The van der Waals surface area contributed by atoms with Gasteiger partial charge in [-0.15, -0.1) is 0 Å². The Bertz CT molecular complexity index is 729. The molecule has 3 rings (SSSR count). The van der Waals surface area contributed by atoms with Crippen molar-refractivity contribution in [1.29, 1.82) is 0 Å². The Morgan fingerprint density at radius 2 is 1.96 bits per heavy atom. The molecule has 0 saturated heterocycles. The third kappa shape index (κ3) is 4.35. The van der Waals surface area contributed by atoms with Crippen molar-refractivity contribution in [1.82, 2.24) is 0 Å². The molecule has 2 aromatic rings. The largest absolute Gasteiger partial charge is 0.494 e. The second kappa shape index (κ2) is 7.64. The van der Waals surface area contributed by atoms with E-state index in [1.165, 1.54) is 0 Å². The van der Waals surface area contributed by atoms with E-state index in [1.54, 1.807) is 0 Å². The number of ether oxygens (including phenoxy) is 1. The number of aryl methyl sites for hydroxylation is 1. The van der Waals surface area contributed by atoms with E-state index in [0.29, 0.717) is 32.3 Å². The Hall–Kier alpha value is -2.82. The number of anilines is 2. The zero-order chi connectivity index (χ0) is 16.8. The van der Waals surface area contributed by atoms with Gasteiger partial charge in [-0.05, 0) is 48.7 Å². The van der Waals surface area contributed by atoms with Crippen LogP contribution in [0.2, 0.25) is 0 Å². The van der Waals surface area contributed by atoms with Gasteiger partial charge < -0.3 is 15.4 Å². The SMILES string of the molecule is O=C(CCCOc1ccccc1)Nc1ccc2c(c1)CCC(=O)N2. The maximum atomic E-state index is 12.0. The molecule has 2 amide bonds. The summed E-state index contributed by atoms with van der Waals surface area (Å²) in [7, 11) is 0. The van der Waals surface area contributed by atoms with Gasteiger partial charge in [0.2, 0.25) is 11.8 Å². The van der Waals surface area contributed by atoms with E-state index in [-0.39, 0.29) is 11.8 Å². The summed E-state index contributed by atoms with van der Waals surface area (Å²) < 4.78 is 5.57. The van der Waals surface area contributed by atoms with Gasteiger partial charge in [0.25, 0.3) is 0 Å². The van der Waals surface area contributed by atoms with Crippen LogP contribution in [0.4, 0.5) is 11.4 Å². The first-order chi connectivity index (χ1) is 11.7. The van der Waals surface area contributed by atoms with Gasteiger partial charge in [-0.1, -0.05) is 18.2 Å². The average molecular weight is 324 g/mol. The van der Waals surface area contributed by atoms with Crippen molar-refractivity contribution >= 4 is 23.2 Å². The molecule has 0 radical (unpaired) electrons. The van der Waals surface area contributed by atoms with E-state index < -0.39 is 0 Å². The van der Waals surface area contributed by atoms with Crippen LogP contribution in [0, 0.1) is 0 Å². The van der Waals surface area contributed by atoms with Crippen LogP contribution in [0.5, 0.6) is 5.75 Å². The maximum Gasteiger partial charge on any atom is 0.224 e. The summed E-state index contributed by atoms with van der Waals surface area (Å²) >= 11 is 0. The molecule has 24 heavy (non-hydrogen) atoms. The molecule has 0 atom stereocenters. The van der Waals surface area contributed by atoms with Crippen molar-refractivity contribution < 1.29 is 14.3 Å². The number of benzene rings is 2. The van der Waals surface area contributed by atoms with Crippen LogP contribution in [0.3, 0.4) is 0 Å². The molecule has 124 valence electrons.